The van der Waals surface area contributed by atoms with Gasteiger partial charge in [-0.25, -0.2) is 0 Å². The second-order valence-electron chi connectivity index (χ2n) is 2.03. The SMILES string of the molecule is COC(C#N)C(C)C. The lowest BCUT2D eigenvalue weighted by Crippen LogP contribution is -2.14. The van der Waals surface area contributed by atoms with Crippen molar-refractivity contribution in [3.8, 4) is 6.07 Å². The lowest BCUT2D eigenvalue weighted by molar-refractivity contribution is 0.109. The minimum Gasteiger partial charge on any atom is -0.366 e. The standard InChI is InChI=1S/C6H11NO/c1-5(2)6(4-7)8-3/h5-6H,1-3H3. The lowest BCUT2D eigenvalue weighted by Gasteiger charge is -2.08. The largest absolute Gasteiger partial charge is 0.366 e. The summed E-state index contributed by atoms with van der Waals surface area (Å²) in [5, 5.41) is 8.32. The van der Waals surface area contributed by atoms with Gasteiger partial charge in [0.05, 0.1) is 6.07 Å². The number of ether oxygens (including phenoxy) is 1. The Hall–Kier alpha value is -0.550. The first-order valence-corrected chi connectivity index (χ1v) is 2.64. The van der Waals surface area contributed by atoms with Crippen molar-refractivity contribution in [2.24, 2.45) is 5.92 Å². The summed E-state index contributed by atoms with van der Waals surface area (Å²) in [5.74, 6) is 0.296. The molecule has 0 aliphatic rings. The molecule has 0 aliphatic heterocycles. The van der Waals surface area contributed by atoms with Crippen LogP contribution in [0, 0.1) is 17.2 Å². The number of hydrogen-bond donors (Lipinski definition) is 0. The number of nitriles is 1. The molecule has 46 valence electrons. The predicted octanol–water partition coefficient (Wildman–Crippen LogP) is 1.18. The molecule has 2 heteroatoms. The van der Waals surface area contributed by atoms with Gasteiger partial charge >= 0.3 is 0 Å². The first-order valence-electron chi connectivity index (χ1n) is 2.64. The van der Waals surface area contributed by atoms with E-state index in [0.717, 1.165) is 0 Å². The number of hydrogen-bond acceptors (Lipinski definition) is 2. The summed E-state index contributed by atoms with van der Waals surface area (Å²) in [6, 6.07) is 2.03. The van der Waals surface area contributed by atoms with E-state index in [1.54, 1.807) is 7.11 Å². The Morgan fingerprint density at radius 3 is 2.00 bits per heavy atom. The van der Waals surface area contributed by atoms with E-state index in [0.29, 0.717) is 5.92 Å². The molecule has 0 heterocycles. The van der Waals surface area contributed by atoms with Gasteiger partial charge in [-0.3, -0.25) is 0 Å². The van der Waals surface area contributed by atoms with E-state index in [-0.39, 0.29) is 6.10 Å². The fraction of sp³-hybridized carbons (Fsp3) is 0.833. The third-order valence-electron chi connectivity index (χ3n) is 0.987. The minimum atomic E-state index is -0.241. The monoisotopic (exact) mass is 113 g/mol. The molecule has 2 nitrogen and oxygen atoms in total. The Morgan fingerprint density at radius 2 is 2.00 bits per heavy atom. The quantitative estimate of drug-likeness (QED) is 0.538. The summed E-state index contributed by atoms with van der Waals surface area (Å²) in [7, 11) is 1.55. The average molecular weight is 113 g/mol. The van der Waals surface area contributed by atoms with E-state index in [4.69, 9.17) is 10.00 Å². The zero-order valence-electron chi connectivity index (χ0n) is 5.51. The topological polar surface area (TPSA) is 33.0 Å². The van der Waals surface area contributed by atoms with Gasteiger partial charge in [-0.2, -0.15) is 5.26 Å². The zero-order valence-corrected chi connectivity index (χ0v) is 5.51. The number of nitrogens with zero attached hydrogens (tertiary/aromatic N) is 1. The van der Waals surface area contributed by atoms with Crippen molar-refractivity contribution < 1.29 is 4.74 Å². The number of methoxy groups -OCH3 is 1. The molecule has 0 fully saturated rings. The van der Waals surface area contributed by atoms with Crippen molar-refractivity contribution in [2.75, 3.05) is 7.11 Å². The van der Waals surface area contributed by atoms with Crippen LogP contribution in [-0.4, -0.2) is 13.2 Å². The van der Waals surface area contributed by atoms with Crippen LogP contribution in [0.2, 0.25) is 0 Å². The molecule has 8 heavy (non-hydrogen) atoms. The van der Waals surface area contributed by atoms with E-state index in [2.05, 4.69) is 0 Å². The molecular weight excluding hydrogens is 102 g/mol. The van der Waals surface area contributed by atoms with Crippen LogP contribution in [0.5, 0.6) is 0 Å². The molecule has 0 radical (unpaired) electrons. The van der Waals surface area contributed by atoms with E-state index in [1.165, 1.54) is 0 Å². The van der Waals surface area contributed by atoms with Gasteiger partial charge in [0.2, 0.25) is 0 Å². The highest BCUT2D eigenvalue weighted by molar-refractivity contribution is 4.85. The smallest absolute Gasteiger partial charge is 0.145 e. The van der Waals surface area contributed by atoms with Crippen LogP contribution in [0.3, 0.4) is 0 Å². The second-order valence-corrected chi connectivity index (χ2v) is 2.03. The maximum Gasteiger partial charge on any atom is 0.145 e. The van der Waals surface area contributed by atoms with E-state index >= 15 is 0 Å². The number of rotatable bonds is 2. The normalized spacial score (nSPS) is 13.4. The maximum absolute atomic E-state index is 8.32. The summed E-state index contributed by atoms with van der Waals surface area (Å²) in [6.45, 7) is 3.91. The second kappa shape index (κ2) is 3.45. The molecule has 1 atom stereocenters. The molecule has 0 rings (SSSR count). The summed E-state index contributed by atoms with van der Waals surface area (Å²) >= 11 is 0. The van der Waals surface area contributed by atoms with Crippen LogP contribution in [0.4, 0.5) is 0 Å². The molecule has 0 saturated heterocycles. The summed E-state index contributed by atoms with van der Waals surface area (Å²) in [5.41, 5.74) is 0. The van der Waals surface area contributed by atoms with Crippen LogP contribution < -0.4 is 0 Å². The van der Waals surface area contributed by atoms with Gasteiger partial charge < -0.3 is 4.74 Å². The van der Waals surface area contributed by atoms with Crippen molar-refractivity contribution >= 4 is 0 Å². The van der Waals surface area contributed by atoms with Crippen LogP contribution >= 0.6 is 0 Å². The van der Waals surface area contributed by atoms with Crippen LogP contribution in [-0.2, 0) is 4.74 Å². The first kappa shape index (κ1) is 7.45. The molecule has 1 unspecified atom stereocenters. The molecule has 0 N–H and O–H groups in total. The van der Waals surface area contributed by atoms with Gasteiger partial charge in [0.1, 0.15) is 6.10 Å². The molecule has 0 saturated carbocycles. The Labute approximate surface area is 50.1 Å². The lowest BCUT2D eigenvalue weighted by atomic mass is 10.1. The fourth-order valence-corrected chi connectivity index (χ4v) is 0.474. The van der Waals surface area contributed by atoms with E-state index in [9.17, 15) is 0 Å². The van der Waals surface area contributed by atoms with Crippen LogP contribution in [0.25, 0.3) is 0 Å². The van der Waals surface area contributed by atoms with Gasteiger partial charge in [-0.1, -0.05) is 13.8 Å². The van der Waals surface area contributed by atoms with Crippen molar-refractivity contribution in [1.82, 2.24) is 0 Å². The van der Waals surface area contributed by atoms with Gasteiger partial charge in [0.15, 0.2) is 0 Å². The van der Waals surface area contributed by atoms with E-state index in [1.807, 2.05) is 19.9 Å². The molecule has 0 spiro atoms. The van der Waals surface area contributed by atoms with Crippen molar-refractivity contribution in [2.45, 2.75) is 20.0 Å². The highest BCUT2D eigenvalue weighted by Crippen LogP contribution is 2.02. The Morgan fingerprint density at radius 1 is 1.50 bits per heavy atom. The van der Waals surface area contributed by atoms with Gasteiger partial charge in [0, 0.05) is 7.11 Å². The van der Waals surface area contributed by atoms with Gasteiger partial charge in [-0.05, 0) is 5.92 Å². The van der Waals surface area contributed by atoms with Crippen LogP contribution in [0.1, 0.15) is 13.8 Å². The summed E-state index contributed by atoms with van der Waals surface area (Å²) in [4.78, 5) is 0. The first-order chi connectivity index (χ1) is 3.72. The van der Waals surface area contributed by atoms with Crippen molar-refractivity contribution in [3.63, 3.8) is 0 Å². The Bertz CT molecular complexity index is 93.2. The maximum atomic E-state index is 8.32. The van der Waals surface area contributed by atoms with Gasteiger partial charge in [-0.15, -0.1) is 0 Å². The summed E-state index contributed by atoms with van der Waals surface area (Å²) < 4.78 is 4.80. The molecule has 0 bridgehead atoms. The third-order valence-corrected chi connectivity index (χ3v) is 0.987. The molecule has 0 aromatic heterocycles. The Kier molecular flexibility index (Phi) is 3.21. The van der Waals surface area contributed by atoms with Crippen molar-refractivity contribution in [1.29, 1.82) is 5.26 Å². The molecule has 0 aromatic rings. The van der Waals surface area contributed by atoms with Gasteiger partial charge in [0.25, 0.3) is 0 Å². The molecule has 0 aliphatic carbocycles. The predicted molar refractivity (Wildman–Crippen MR) is 31.2 cm³/mol. The zero-order chi connectivity index (χ0) is 6.57. The third kappa shape index (κ3) is 1.94. The molecule has 0 aromatic carbocycles. The summed E-state index contributed by atoms with van der Waals surface area (Å²) in [6.07, 6.45) is -0.241. The van der Waals surface area contributed by atoms with Crippen molar-refractivity contribution in [3.05, 3.63) is 0 Å². The van der Waals surface area contributed by atoms with E-state index < -0.39 is 0 Å². The fourth-order valence-electron chi connectivity index (χ4n) is 0.474. The minimum absolute atomic E-state index is 0.241. The highest BCUT2D eigenvalue weighted by Gasteiger charge is 2.08. The molecule has 0 amide bonds. The average Bonchev–Trinajstić information content (AvgIpc) is 1.69. The highest BCUT2D eigenvalue weighted by atomic mass is 16.5. The van der Waals surface area contributed by atoms with Crippen LogP contribution in [0.15, 0.2) is 0 Å². The molecular formula is C6H11NO. The Balaban J connectivity index is 3.57.